The molecular weight excluding hydrogens is 282 g/mol. The monoisotopic (exact) mass is 313 g/mol. The highest BCUT2D eigenvalue weighted by Crippen LogP contribution is 2.19. The summed E-state index contributed by atoms with van der Waals surface area (Å²) in [5.41, 5.74) is -0.469. The molecule has 0 aliphatic carbocycles. The molecule has 0 atom stereocenters. The molecule has 3 amide bonds. The SMILES string of the molecule is CCN(CC)C(=O)N(C)C1CCN(C(=O)OC(C)(C)C)CC1. The first-order valence-electron chi connectivity index (χ1n) is 8.19. The number of amides is 3. The van der Waals surface area contributed by atoms with Gasteiger partial charge in [0.1, 0.15) is 5.60 Å². The summed E-state index contributed by atoms with van der Waals surface area (Å²) in [6, 6.07) is 0.257. The molecule has 1 aliphatic heterocycles. The first-order chi connectivity index (χ1) is 10.2. The van der Waals surface area contributed by atoms with Gasteiger partial charge in [0.25, 0.3) is 0 Å². The van der Waals surface area contributed by atoms with Crippen molar-refractivity contribution in [2.75, 3.05) is 33.2 Å². The number of carbonyl (C=O) groups excluding carboxylic acids is 2. The van der Waals surface area contributed by atoms with E-state index in [1.165, 1.54) is 0 Å². The van der Waals surface area contributed by atoms with Crippen LogP contribution in [0.4, 0.5) is 9.59 Å². The van der Waals surface area contributed by atoms with Gasteiger partial charge in [-0.05, 0) is 47.5 Å². The Bertz CT molecular complexity index is 381. The Balaban J connectivity index is 2.51. The van der Waals surface area contributed by atoms with Crippen LogP contribution in [0.15, 0.2) is 0 Å². The van der Waals surface area contributed by atoms with Gasteiger partial charge in [0, 0.05) is 39.3 Å². The molecule has 0 radical (unpaired) electrons. The molecule has 0 aromatic rings. The Morgan fingerprint density at radius 2 is 1.64 bits per heavy atom. The summed E-state index contributed by atoms with van der Waals surface area (Å²) in [7, 11) is 1.86. The van der Waals surface area contributed by atoms with Crippen LogP contribution in [-0.2, 0) is 4.74 Å². The van der Waals surface area contributed by atoms with Crippen LogP contribution in [0.25, 0.3) is 0 Å². The summed E-state index contributed by atoms with van der Waals surface area (Å²) in [5, 5.41) is 0. The third-order valence-corrected chi connectivity index (χ3v) is 4.00. The maximum absolute atomic E-state index is 12.4. The fourth-order valence-corrected chi connectivity index (χ4v) is 2.64. The summed E-state index contributed by atoms with van der Waals surface area (Å²) in [6.07, 6.45) is 1.33. The van der Waals surface area contributed by atoms with Crippen molar-refractivity contribution in [2.24, 2.45) is 0 Å². The second-order valence-electron chi connectivity index (χ2n) is 6.76. The normalized spacial score (nSPS) is 16.4. The van der Waals surface area contributed by atoms with E-state index in [1.54, 1.807) is 4.90 Å². The molecule has 0 spiro atoms. The predicted octanol–water partition coefficient (Wildman–Crippen LogP) is 2.78. The predicted molar refractivity (Wildman–Crippen MR) is 86.9 cm³/mol. The van der Waals surface area contributed by atoms with Crippen LogP contribution in [0.2, 0.25) is 0 Å². The topological polar surface area (TPSA) is 53.1 Å². The molecule has 0 N–H and O–H groups in total. The van der Waals surface area contributed by atoms with Crippen LogP contribution >= 0.6 is 0 Å². The summed E-state index contributed by atoms with van der Waals surface area (Å²) >= 11 is 0. The van der Waals surface area contributed by atoms with Crippen LogP contribution in [0.1, 0.15) is 47.5 Å². The van der Waals surface area contributed by atoms with E-state index < -0.39 is 5.60 Å². The number of hydrogen-bond donors (Lipinski definition) is 0. The number of carbonyl (C=O) groups is 2. The molecule has 0 aromatic carbocycles. The average Bonchev–Trinajstić information content (AvgIpc) is 2.46. The second kappa shape index (κ2) is 7.70. The van der Waals surface area contributed by atoms with Crippen LogP contribution in [0.3, 0.4) is 0 Å². The summed E-state index contributed by atoms with van der Waals surface area (Å²) in [5.74, 6) is 0. The van der Waals surface area contributed by atoms with Crippen LogP contribution in [0.5, 0.6) is 0 Å². The van der Waals surface area contributed by atoms with E-state index in [1.807, 2.05) is 51.5 Å². The number of piperidine rings is 1. The Hall–Kier alpha value is -1.46. The van der Waals surface area contributed by atoms with Crippen LogP contribution < -0.4 is 0 Å². The van der Waals surface area contributed by atoms with Gasteiger partial charge in [0.2, 0.25) is 0 Å². The van der Waals surface area contributed by atoms with E-state index in [9.17, 15) is 9.59 Å². The highest BCUT2D eigenvalue weighted by atomic mass is 16.6. The van der Waals surface area contributed by atoms with Gasteiger partial charge in [-0.2, -0.15) is 0 Å². The van der Waals surface area contributed by atoms with Crippen molar-refractivity contribution in [2.45, 2.75) is 59.1 Å². The molecule has 0 bridgehead atoms. The van der Waals surface area contributed by atoms with Crippen molar-refractivity contribution in [3.05, 3.63) is 0 Å². The number of hydrogen-bond acceptors (Lipinski definition) is 3. The first-order valence-corrected chi connectivity index (χ1v) is 8.19. The molecule has 1 aliphatic rings. The zero-order chi connectivity index (χ0) is 16.9. The Kier molecular flexibility index (Phi) is 6.50. The quantitative estimate of drug-likeness (QED) is 0.805. The van der Waals surface area contributed by atoms with Gasteiger partial charge in [0.15, 0.2) is 0 Å². The smallest absolute Gasteiger partial charge is 0.410 e. The van der Waals surface area contributed by atoms with E-state index in [4.69, 9.17) is 4.74 Å². The largest absolute Gasteiger partial charge is 0.444 e. The molecule has 0 saturated carbocycles. The molecule has 1 rings (SSSR count). The number of ether oxygens (including phenoxy) is 1. The van der Waals surface area contributed by atoms with E-state index in [0.717, 1.165) is 25.9 Å². The lowest BCUT2D eigenvalue weighted by Crippen LogP contribution is -2.51. The molecule has 1 saturated heterocycles. The minimum Gasteiger partial charge on any atom is -0.444 e. The molecule has 128 valence electrons. The van der Waals surface area contributed by atoms with Gasteiger partial charge < -0.3 is 19.4 Å². The molecule has 0 aromatic heterocycles. The molecule has 1 fully saturated rings. The van der Waals surface area contributed by atoms with E-state index in [-0.39, 0.29) is 18.2 Å². The summed E-state index contributed by atoms with van der Waals surface area (Å²) < 4.78 is 5.39. The molecule has 6 nitrogen and oxygen atoms in total. The maximum atomic E-state index is 12.4. The highest BCUT2D eigenvalue weighted by molar-refractivity contribution is 5.74. The van der Waals surface area contributed by atoms with E-state index >= 15 is 0 Å². The molecule has 1 heterocycles. The second-order valence-corrected chi connectivity index (χ2v) is 6.76. The van der Waals surface area contributed by atoms with Gasteiger partial charge in [-0.3, -0.25) is 0 Å². The minimum absolute atomic E-state index is 0.0701. The van der Waals surface area contributed by atoms with Crippen LogP contribution in [-0.4, -0.2) is 71.7 Å². The standard InChI is InChI=1S/C16H31N3O3/c1-7-18(8-2)14(20)17(6)13-9-11-19(12-10-13)15(21)22-16(3,4)5/h13H,7-12H2,1-6H3. The summed E-state index contributed by atoms with van der Waals surface area (Å²) in [6.45, 7) is 12.3. The van der Waals surface area contributed by atoms with Crippen LogP contribution in [0, 0.1) is 0 Å². The highest BCUT2D eigenvalue weighted by Gasteiger charge is 2.30. The van der Waals surface area contributed by atoms with Gasteiger partial charge in [-0.1, -0.05) is 0 Å². The Labute approximate surface area is 134 Å². The van der Waals surface area contributed by atoms with E-state index in [0.29, 0.717) is 13.1 Å². The number of urea groups is 1. The Morgan fingerprint density at radius 3 is 2.05 bits per heavy atom. The molecule has 6 heteroatoms. The lowest BCUT2D eigenvalue weighted by molar-refractivity contribution is 0.0167. The third-order valence-electron chi connectivity index (χ3n) is 4.00. The molecular formula is C16H31N3O3. The van der Waals surface area contributed by atoms with Gasteiger partial charge in [-0.25, -0.2) is 9.59 Å². The lowest BCUT2D eigenvalue weighted by atomic mass is 10.0. The van der Waals surface area contributed by atoms with E-state index in [2.05, 4.69) is 0 Å². The maximum Gasteiger partial charge on any atom is 0.410 e. The van der Waals surface area contributed by atoms with Gasteiger partial charge >= 0.3 is 12.1 Å². The molecule has 0 unspecified atom stereocenters. The third kappa shape index (κ3) is 5.07. The number of rotatable bonds is 3. The van der Waals surface area contributed by atoms with Crippen molar-refractivity contribution < 1.29 is 14.3 Å². The van der Waals surface area contributed by atoms with Crippen molar-refractivity contribution in [1.82, 2.24) is 14.7 Å². The fourth-order valence-electron chi connectivity index (χ4n) is 2.64. The summed E-state index contributed by atoms with van der Waals surface area (Å²) in [4.78, 5) is 29.8. The minimum atomic E-state index is -0.469. The zero-order valence-corrected chi connectivity index (χ0v) is 14.9. The Morgan fingerprint density at radius 1 is 1.14 bits per heavy atom. The fraction of sp³-hybridized carbons (Fsp3) is 0.875. The number of likely N-dealkylation sites (tertiary alicyclic amines) is 1. The van der Waals surface area contributed by atoms with Crippen molar-refractivity contribution >= 4 is 12.1 Å². The first kappa shape index (κ1) is 18.6. The van der Waals surface area contributed by atoms with Gasteiger partial charge in [0.05, 0.1) is 0 Å². The van der Waals surface area contributed by atoms with Gasteiger partial charge in [-0.15, -0.1) is 0 Å². The van der Waals surface area contributed by atoms with Crippen molar-refractivity contribution in [3.63, 3.8) is 0 Å². The van der Waals surface area contributed by atoms with Crippen molar-refractivity contribution in [3.8, 4) is 0 Å². The lowest BCUT2D eigenvalue weighted by Gasteiger charge is -2.38. The average molecular weight is 313 g/mol. The number of nitrogens with zero attached hydrogens (tertiary/aromatic N) is 3. The molecule has 22 heavy (non-hydrogen) atoms. The zero-order valence-electron chi connectivity index (χ0n) is 14.9. The van der Waals surface area contributed by atoms with Crippen molar-refractivity contribution in [1.29, 1.82) is 0 Å².